The summed E-state index contributed by atoms with van der Waals surface area (Å²) in [6.45, 7) is 4.52. The number of rotatable bonds is 3. The first-order chi connectivity index (χ1) is 8.98. The van der Waals surface area contributed by atoms with Crippen molar-refractivity contribution in [1.29, 1.82) is 0 Å². The first-order valence-electron chi connectivity index (χ1n) is 6.56. The third-order valence-corrected chi connectivity index (χ3v) is 5.91. The minimum atomic E-state index is -0.533. The van der Waals surface area contributed by atoms with Gasteiger partial charge in [0, 0.05) is 0 Å². The number of halogens is 1. The fraction of sp³-hybridized carbons (Fsp3) is 0.615. The number of hydroxylamine groups is 1. The molecule has 2 heterocycles. The highest BCUT2D eigenvalue weighted by Crippen LogP contribution is 2.37. The highest BCUT2D eigenvalue weighted by molar-refractivity contribution is 7.14. The van der Waals surface area contributed by atoms with Crippen molar-refractivity contribution in [3.05, 3.63) is 20.8 Å². The molecule has 2 N–H and O–H groups in total. The summed E-state index contributed by atoms with van der Waals surface area (Å²) >= 11 is 7.45. The summed E-state index contributed by atoms with van der Waals surface area (Å²) in [5.41, 5.74) is 1.65. The van der Waals surface area contributed by atoms with Crippen LogP contribution in [0.3, 0.4) is 0 Å². The third kappa shape index (κ3) is 2.94. The van der Waals surface area contributed by atoms with Gasteiger partial charge in [-0.25, -0.2) is 5.48 Å². The van der Waals surface area contributed by atoms with E-state index in [0.717, 1.165) is 22.4 Å². The second-order valence-corrected chi connectivity index (χ2v) is 6.92. The molecule has 2 rings (SSSR count). The number of nitrogens with one attached hydrogen (secondary N) is 1. The van der Waals surface area contributed by atoms with Crippen molar-refractivity contribution in [3.63, 3.8) is 0 Å². The van der Waals surface area contributed by atoms with Crippen LogP contribution in [0.15, 0.2) is 6.07 Å². The number of amides is 1. The fourth-order valence-corrected chi connectivity index (χ4v) is 4.24. The lowest BCUT2D eigenvalue weighted by atomic mass is 10.0. The molecule has 19 heavy (non-hydrogen) atoms. The van der Waals surface area contributed by atoms with Gasteiger partial charge in [-0.15, -0.1) is 11.3 Å². The monoisotopic (exact) mass is 303 g/mol. The molecule has 0 bridgehead atoms. The highest BCUT2D eigenvalue weighted by atomic mass is 35.5. The normalized spacial score (nSPS) is 20.0. The van der Waals surface area contributed by atoms with Crippen LogP contribution in [0.1, 0.15) is 46.8 Å². The van der Waals surface area contributed by atoms with E-state index in [-0.39, 0.29) is 0 Å². The van der Waals surface area contributed by atoms with E-state index in [1.807, 2.05) is 6.07 Å². The highest BCUT2D eigenvalue weighted by Gasteiger charge is 2.34. The lowest BCUT2D eigenvalue weighted by Gasteiger charge is -2.42. The average molecular weight is 304 g/mol. The quantitative estimate of drug-likeness (QED) is 0.512. The standard InChI is InChI=1S/C13H19ClN2O2S/c1-9(16(2)6-4-3-5-7-16)11-8-10(14)12(19-11)13(17)15-18/h8-9H,3-7H2,1-2H3,(H-,15,17,18)/p+1/t9-/m0/s1. The summed E-state index contributed by atoms with van der Waals surface area (Å²) in [4.78, 5) is 13.0. The van der Waals surface area contributed by atoms with Crippen molar-refractivity contribution < 1.29 is 14.5 Å². The molecule has 1 aliphatic rings. The number of likely N-dealkylation sites (tertiary alicyclic amines) is 1. The molecule has 0 aromatic carbocycles. The molecule has 1 amide bonds. The van der Waals surface area contributed by atoms with Crippen molar-refractivity contribution in [2.45, 2.75) is 32.2 Å². The van der Waals surface area contributed by atoms with E-state index in [1.165, 1.54) is 30.6 Å². The zero-order chi connectivity index (χ0) is 14.0. The number of piperidine rings is 1. The molecular weight excluding hydrogens is 284 g/mol. The Morgan fingerprint density at radius 2 is 2.11 bits per heavy atom. The van der Waals surface area contributed by atoms with Gasteiger partial charge in [-0.2, -0.15) is 0 Å². The van der Waals surface area contributed by atoms with Gasteiger partial charge in [0.05, 0.1) is 30.0 Å². The summed E-state index contributed by atoms with van der Waals surface area (Å²) in [6.07, 6.45) is 3.82. The first kappa shape index (κ1) is 14.8. The molecule has 0 spiro atoms. The maximum Gasteiger partial charge on any atom is 0.286 e. The zero-order valence-corrected chi connectivity index (χ0v) is 12.9. The lowest BCUT2D eigenvalue weighted by molar-refractivity contribution is -0.941. The Morgan fingerprint density at radius 1 is 1.47 bits per heavy atom. The minimum Gasteiger partial charge on any atom is -0.319 e. The van der Waals surface area contributed by atoms with E-state index in [0.29, 0.717) is 15.9 Å². The van der Waals surface area contributed by atoms with Crippen LogP contribution in [0.2, 0.25) is 5.02 Å². The Kier molecular flexibility index (Phi) is 4.50. The summed E-state index contributed by atoms with van der Waals surface area (Å²) in [5.74, 6) is -0.533. The third-order valence-electron chi connectivity index (χ3n) is 4.20. The summed E-state index contributed by atoms with van der Waals surface area (Å²) in [5, 5.41) is 9.12. The van der Waals surface area contributed by atoms with Crippen LogP contribution in [0.5, 0.6) is 0 Å². The molecule has 1 aromatic heterocycles. The molecule has 0 radical (unpaired) electrons. The zero-order valence-electron chi connectivity index (χ0n) is 11.3. The molecular formula is C13H20ClN2O2S+. The predicted molar refractivity (Wildman–Crippen MR) is 76.8 cm³/mol. The van der Waals surface area contributed by atoms with Crippen LogP contribution in [-0.2, 0) is 0 Å². The number of quaternary nitrogens is 1. The number of carbonyl (C=O) groups is 1. The smallest absolute Gasteiger partial charge is 0.286 e. The van der Waals surface area contributed by atoms with Gasteiger partial charge in [0.15, 0.2) is 0 Å². The van der Waals surface area contributed by atoms with Crippen molar-refractivity contribution in [2.75, 3.05) is 20.1 Å². The van der Waals surface area contributed by atoms with Crippen LogP contribution in [0.25, 0.3) is 0 Å². The van der Waals surface area contributed by atoms with Gasteiger partial charge in [0.25, 0.3) is 5.91 Å². The molecule has 1 saturated heterocycles. The second-order valence-electron chi connectivity index (χ2n) is 5.43. The molecule has 1 aliphatic heterocycles. The average Bonchev–Trinajstić information content (AvgIpc) is 2.80. The van der Waals surface area contributed by atoms with Crippen LogP contribution in [0.4, 0.5) is 0 Å². The number of carbonyl (C=O) groups excluding carboxylic acids is 1. The van der Waals surface area contributed by atoms with Gasteiger partial charge in [-0.1, -0.05) is 11.6 Å². The van der Waals surface area contributed by atoms with Crippen molar-refractivity contribution in [2.24, 2.45) is 0 Å². The van der Waals surface area contributed by atoms with E-state index in [9.17, 15) is 4.79 Å². The number of thiophene rings is 1. The second kappa shape index (κ2) is 5.79. The maximum atomic E-state index is 11.5. The molecule has 0 aliphatic carbocycles. The van der Waals surface area contributed by atoms with Crippen molar-refractivity contribution >= 4 is 28.8 Å². The molecule has 106 valence electrons. The molecule has 0 unspecified atom stereocenters. The molecule has 6 heteroatoms. The molecule has 1 fully saturated rings. The van der Waals surface area contributed by atoms with E-state index in [4.69, 9.17) is 16.8 Å². The number of hydrogen-bond donors (Lipinski definition) is 2. The van der Waals surface area contributed by atoms with E-state index in [2.05, 4.69) is 14.0 Å². The Morgan fingerprint density at radius 3 is 2.68 bits per heavy atom. The van der Waals surface area contributed by atoms with Gasteiger partial charge in [0.1, 0.15) is 10.9 Å². The van der Waals surface area contributed by atoms with Crippen LogP contribution < -0.4 is 5.48 Å². The largest absolute Gasteiger partial charge is 0.319 e. The summed E-state index contributed by atoms with van der Waals surface area (Å²) < 4.78 is 0.997. The van der Waals surface area contributed by atoms with E-state index < -0.39 is 5.91 Å². The van der Waals surface area contributed by atoms with Crippen LogP contribution >= 0.6 is 22.9 Å². The Bertz CT molecular complexity index is 469. The van der Waals surface area contributed by atoms with E-state index >= 15 is 0 Å². The Labute approximate surface area is 122 Å². The van der Waals surface area contributed by atoms with Crippen LogP contribution in [0, 0.1) is 0 Å². The Hall–Kier alpha value is -0.620. The molecule has 1 aromatic rings. The number of hydrogen-bond acceptors (Lipinski definition) is 3. The van der Waals surface area contributed by atoms with Crippen LogP contribution in [-0.4, -0.2) is 35.7 Å². The van der Waals surface area contributed by atoms with Gasteiger partial charge in [0.2, 0.25) is 0 Å². The topological polar surface area (TPSA) is 49.3 Å². The SMILES string of the molecule is C[C@@H](c1cc(Cl)c(C(=O)NO)s1)[N+]1(C)CCCCC1. The fourth-order valence-electron chi connectivity index (χ4n) is 2.73. The molecule has 4 nitrogen and oxygen atoms in total. The van der Waals surface area contributed by atoms with Gasteiger partial charge in [-0.3, -0.25) is 10.0 Å². The van der Waals surface area contributed by atoms with Gasteiger partial charge in [-0.05, 0) is 32.3 Å². The van der Waals surface area contributed by atoms with Gasteiger partial charge >= 0.3 is 0 Å². The summed E-state index contributed by atoms with van der Waals surface area (Å²) in [7, 11) is 2.27. The number of nitrogens with zero attached hydrogens (tertiary/aromatic N) is 1. The maximum absolute atomic E-state index is 11.5. The summed E-state index contributed by atoms with van der Waals surface area (Å²) in [6, 6.07) is 2.18. The predicted octanol–water partition coefficient (Wildman–Crippen LogP) is 3.21. The minimum absolute atomic E-state index is 0.322. The molecule has 1 atom stereocenters. The van der Waals surface area contributed by atoms with Crippen molar-refractivity contribution in [1.82, 2.24) is 5.48 Å². The van der Waals surface area contributed by atoms with Crippen molar-refractivity contribution in [3.8, 4) is 0 Å². The molecule has 0 saturated carbocycles. The first-order valence-corrected chi connectivity index (χ1v) is 7.75. The van der Waals surface area contributed by atoms with E-state index in [1.54, 1.807) is 5.48 Å². The van der Waals surface area contributed by atoms with Gasteiger partial charge < -0.3 is 4.48 Å². The lowest BCUT2D eigenvalue weighted by Crippen LogP contribution is -2.49. The Balaban J connectivity index is 2.24.